The fourth-order valence-electron chi connectivity index (χ4n) is 4.15. The number of nitrogens with zero attached hydrogens (tertiary/aromatic N) is 6. The number of rotatable bonds is 5. The maximum Gasteiger partial charge on any atom is 0.416 e. The molecule has 188 valence electrons. The number of fused-ring (bicyclic) bond motifs is 1. The molecule has 0 spiro atoms. The number of carbonyl (C=O) groups excluding carboxylic acids is 1. The molecule has 1 aliphatic rings. The minimum absolute atomic E-state index is 0.0386. The van der Waals surface area contributed by atoms with Crippen LogP contribution in [0.4, 0.5) is 30.8 Å². The second-order valence-electron chi connectivity index (χ2n) is 8.96. The van der Waals surface area contributed by atoms with Crippen LogP contribution >= 0.6 is 0 Å². The first-order valence-corrected chi connectivity index (χ1v) is 11.4. The second-order valence-corrected chi connectivity index (χ2v) is 8.96. The molecule has 0 unspecified atom stereocenters. The van der Waals surface area contributed by atoms with Crippen LogP contribution in [0.1, 0.15) is 49.9 Å². The summed E-state index contributed by atoms with van der Waals surface area (Å²) >= 11 is 0. The van der Waals surface area contributed by atoms with Crippen LogP contribution in [0.2, 0.25) is 0 Å². The van der Waals surface area contributed by atoms with E-state index >= 15 is 0 Å². The number of aromatic nitrogens is 3. The van der Waals surface area contributed by atoms with Gasteiger partial charge in [0.05, 0.1) is 28.8 Å². The SMILES string of the molecule is CC1=C(C#N)[C@@H](c2ccc(C#N)cc2)n2nc(NC(=O)CC(C)C)nc2N1c1cccc(C(F)(F)F)c1. The number of hydrogen-bond acceptors (Lipinski definition) is 6. The Morgan fingerprint density at radius 2 is 1.84 bits per heavy atom. The highest BCUT2D eigenvalue weighted by atomic mass is 19.4. The summed E-state index contributed by atoms with van der Waals surface area (Å²) in [5, 5.41) is 26.4. The molecule has 2 aromatic carbocycles. The average molecular weight is 506 g/mol. The van der Waals surface area contributed by atoms with Crippen molar-refractivity contribution in [2.24, 2.45) is 5.92 Å². The van der Waals surface area contributed by atoms with Crippen LogP contribution in [0.25, 0.3) is 0 Å². The summed E-state index contributed by atoms with van der Waals surface area (Å²) in [5.74, 6) is -0.142. The number of carbonyl (C=O) groups is 1. The van der Waals surface area contributed by atoms with Gasteiger partial charge in [-0.05, 0) is 48.7 Å². The number of alkyl halides is 3. The predicted octanol–water partition coefficient (Wildman–Crippen LogP) is 5.69. The zero-order valence-electron chi connectivity index (χ0n) is 20.2. The fourth-order valence-corrected chi connectivity index (χ4v) is 4.15. The van der Waals surface area contributed by atoms with Gasteiger partial charge in [0.25, 0.3) is 5.95 Å². The number of allylic oxidation sites excluding steroid dienone is 2. The van der Waals surface area contributed by atoms with E-state index in [4.69, 9.17) is 5.26 Å². The molecule has 2 heterocycles. The maximum atomic E-state index is 13.5. The monoisotopic (exact) mass is 505 g/mol. The lowest BCUT2D eigenvalue weighted by atomic mass is 9.95. The number of nitrogens with one attached hydrogen (secondary N) is 1. The predicted molar refractivity (Wildman–Crippen MR) is 129 cm³/mol. The molecule has 0 saturated carbocycles. The molecule has 0 radical (unpaired) electrons. The van der Waals surface area contributed by atoms with Gasteiger partial charge in [-0.2, -0.15) is 28.7 Å². The Hall–Kier alpha value is -4.64. The number of nitriles is 2. The third-order valence-electron chi connectivity index (χ3n) is 5.81. The highest BCUT2D eigenvalue weighted by Crippen LogP contribution is 2.43. The van der Waals surface area contributed by atoms with Crippen LogP contribution < -0.4 is 10.2 Å². The molecule has 1 aromatic heterocycles. The summed E-state index contributed by atoms with van der Waals surface area (Å²) < 4.78 is 41.8. The first-order chi connectivity index (χ1) is 17.5. The van der Waals surface area contributed by atoms with E-state index in [1.807, 2.05) is 19.9 Å². The lowest BCUT2D eigenvalue weighted by Crippen LogP contribution is -2.31. The van der Waals surface area contributed by atoms with Crippen molar-refractivity contribution >= 4 is 23.5 Å². The van der Waals surface area contributed by atoms with Crippen molar-refractivity contribution in [3.63, 3.8) is 0 Å². The van der Waals surface area contributed by atoms with E-state index in [0.717, 1.165) is 12.1 Å². The summed E-state index contributed by atoms with van der Waals surface area (Å²) in [6.07, 6.45) is -4.35. The Labute approximate surface area is 211 Å². The third-order valence-corrected chi connectivity index (χ3v) is 5.81. The van der Waals surface area contributed by atoms with Gasteiger partial charge >= 0.3 is 6.18 Å². The smallest absolute Gasteiger partial charge is 0.293 e. The number of anilines is 3. The first-order valence-electron chi connectivity index (χ1n) is 11.4. The van der Waals surface area contributed by atoms with Crippen molar-refractivity contribution in [2.75, 3.05) is 10.2 Å². The minimum Gasteiger partial charge on any atom is -0.293 e. The molecule has 1 amide bonds. The molecular weight excluding hydrogens is 483 g/mol. The number of benzene rings is 2. The Kier molecular flexibility index (Phi) is 6.73. The normalized spacial score (nSPS) is 15.3. The van der Waals surface area contributed by atoms with Gasteiger partial charge in [-0.15, -0.1) is 5.10 Å². The molecule has 1 N–H and O–H groups in total. The number of amides is 1. The second kappa shape index (κ2) is 9.78. The first kappa shape index (κ1) is 25.5. The van der Waals surface area contributed by atoms with Crippen molar-refractivity contribution in [2.45, 2.75) is 39.4 Å². The number of hydrogen-bond donors (Lipinski definition) is 1. The van der Waals surface area contributed by atoms with Gasteiger partial charge in [-0.1, -0.05) is 32.0 Å². The molecule has 0 aliphatic carbocycles. The Morgan fingerprint density at radius 3 is 2.43 bits per heavy atom. The Morgan fingerprint density at radius 1 is 1.14 bits per heavy atom. The van der Waals surface area contributed by atoms with Gasteiger partial charge in [0.1, 0.15) is 6.04 Å². The van der Waals surface area contributed by atoms with Gasteiger partial charge in [-0.3, -0.25) is 15.0 Å². The summed E-state index contributed by atoms with van der Waals surface area (Å²) in [7, 11) is 0. The number of halogens is 3. The minimum atomic E-state index is -4.57. The molecule has 0 bridgehead atoms. The molecular formula is C26H22F3N7O. The summed E-state index contributed by atoms with van der Waals surface area (Å²) in [6.45, 7) is 5.38. The van der Waals surface area contributed by atoms with E-state index in [2.05, 4.69) is 21.5 Å². The van der Waals surface area contributed by atoms with Crippen LogP contribution in [0, 0.1) is 28.6 Å². The summed E-state index contributed by atoms with van der Waals surface area (Å²) in [4.78, 5) is 18.3. The lowest BCUT2D eigenvalue weighted by Gasteiger charge is -2.34. The van der Waals surface area contributed by atoms with Crippen LogP contribution in [0.15, 0.2) is 59.8 Å². The van der Waals surface area contributed by atoms with Gasteiger partial charge in [-0.25, -0.2) is 4.68 Å². The van der Waals surface area contributed by atoms with Crippen molar-refractivity contribution < 1.29 is 18.0 Å². The molecule has 11 heteroatoms. The fraction of sp³-hybridized carbons (Fsp3) is 0.269. The quantitative estimate of drug-likeness (QED) is 0.477. The molecule has 8 nitrogen and oxygen atoms in total. The molecule has 0 saturated heterocycles. The summed E-state index contributed by atoms with van der Waals surface area (Å²) in [6, 6.07) is 14.7. The van der Waals surface area contributed by atoms with Crippen molar-refractivity contribution in [3.8, 4) is 12.1 Å². The molecule has 37 heavy (non-hydrogen) atoms. The lowest BCUT2D eigenvalue weighted by molar-refractivity contribution is -0.137. The molecule has 1 aliphatic heterocycles. The Bertz CT molecular complexity index is 1460. The average Bonchev–Trinajstić information content (AvgIpc) is 3.24. The van der Waals surface area contributed by atoms with Crippen LogP contribution in [0.5, 0.6) is 0 Å². The molecule has 0 fully saturated rings. The van der Waals surface area contributed by atoms with Crippen LogP contribution in [0.3, 0.4) is 0 Å². The van der Waals surface area contributed by atoms with Gasteiger partial charge in [0, 0.05) is 17.8 Å². The molecule has 3 aromatic rings. The molecule has 1 atom stereocenters. The van der Waals surface area contributed by atoms with Crippen LogP contribution in [-0.2, 0) is 11.0 Å². The van der Waals surface area contributed by atoms with E-state index in [0.29, 0.717) is 16.8 Å². The summed E-state index contributed by atoms with van der Waals surface area (Å²) in [5.41, 5.74) is 0.888. The maximum absolute atomic E-state index is 13.5. The van der Waals surface area contributed by atoms with E-state index in [1.165, 1.54) is 21.7 Å². The zero-order valence-corrected chi connectivity index (χ0v) is 20.2. The third kappa shape index (κ3) is 5.02. The van der Waals surface area contributed by atoms with Crippen molar-refractivity contribution in [1.29, 1.82) is 10.5 Å². The molecule has 4 rings (SSSR count). The Balaban J connectivity index is 1.90. The van der Waals surface area contributed by atoms with Crippen molar-refractivity contribution in [3.05, 3.63) is 76.5 Å². The largest absolute Gasteiger partial charge is 0.416 e. The van der Waals surface area contributed by atoms with Crippen molar-refractivity contribution in [1.82, 2.24) is 14.8 Å². The van der Waals surface area contributed by atoms with E-state index in [-0.39, 0.29) is 41.4 Å². The highest BCUT2D eigenvalue weighted by Gasteiger charge is 2.37. The van der Waals surface area contributed by atoms with E-state index in [1.54, 1.807) is 31.2 Å². The zero-order chi connectivity index (χ0) is 26.9. The topological polar surface area (TPSA) is 111 Å². The van der Waals surface area contributed by atoms with Gasteiger partial charge in [0.15, 0.2) is 0 Å². The van der Waals surface area contributed by atoms with Gasteiger partial charge < -0.3 is 0 Å². The van der Waals surface area contributed by atoms with Gasteiger partial charge in [0.2, 0.25) is 11.9 Å². The standard InChI is InChI=1S/C26H22F3N7O/c1-15(2)11-22(37)32-24-33-25-35(20-6-4-5-19(12-20)26(27,28)29)16(3)21(14-31)23(36(25)34-24)18-9-7-17(13-30)8-10-18/h4-10,12,15,23H,11H2,1-3H3,(H,32,34,37)/t23-/m1/s1. The highest BCUT2D eigenvalue weighted by molar-refractivity contribution is 5.89. The van der Waals surface area contributed by atoms with E-state index in [9.17, 15) is 23.2 Å². The van der Waals surface area contributed by atoms with Crippen LogP contribution in [-0.4, -0.2) is 20.7 Å². The van der Waals surface area contributed by atoms with E-state index < -0.39 is 17.8 Å².